The van der Waals surface area contributed by atoms with Gasteiger partial charge in [0, 0.05) is 23.6 Å². The largest absolute Gasteiger partial charge is 0.493 e. The van der Waals surface area contributed by atoms with Crippen LogP contribution in [0.5, 0.6) is 5.75 Å². The van der Waals surface area contributed by atoms with Gasteiger partial charge in [0.15, 0.2) is 0 Å². The van der Waals surface area contributed by atoms with E-state index in [9.17, 15) is 4.79 Å². The van der Waals surface area contributed by atoms with Gasteiger partial charge in [0.2, 0.25) is 5.91 Å². The third-order valence-electron chi connectivity index (χ3n) is 3.60. The van der Waals surface area contributed by atoms with E-state index in [1.54, 1.807) is 0 Å². The van der Waals surface area contributed by atoms with Crippen LogP contribution < -0.4 is 10.5 Å². The number of hydrogen-bond donors (Lipinski definition) is 1. The molecule has 0 aromatic heterocycles. The van der Waals surface area contributed by atoms with Crippen LogP contribution in [0.1, 0.15) is 25.7 Å². The lowest BCUT2D eigenvalue weighted by Gasteiger charge is -2.35. The van der Waals surface area contributed by atoms with E-state index >= 15 is 0 Å². The molecule has 1 aliphatic heterocycles. The first-order valence-corrected chi connectivity index (χ1v) is 7.88. The average Bonchev–Trinajstić information content (AvgIpc) is 2.47. The lowest BCUT2D eigenvalue weighted by Crippen LogP contribution is -2.47. The van der Waals surface area contributed by atoms with Crippen LogP contribution in [0.3, 0.4) is 0 Å². The van der Waals surface area contributed by atoms with E-state index in [2.05, 4.69) is 15.9 Å². The van der Waals surface area contributed by atoms with E-state index in [0.717, 1.165) is 29.6 Å². The molecule has 1 aromatic rings. The lowest BCUT2D eigenvalue weighted by atomic mass is 10.0. The Morgan fingerprint density at radius 1 is 1.43 bits per heavy atom. The van der Waals surface area contributed by atoms with Crippen molar-refractivity contribution >= 4 is 34.2 Å². The third-order valence-corrected chi connectivity index (χ3v) is 4.09. The zero-order chi connectivity index (χ0) is 14.4. The minimum Gasteiger partial charge on any atom is -0.493 e. The molecular weight excluding hydrogens is 356 g/mol. The molecule has 118 valence electrons. The number of piperidine rings is 1. The Morgan fingerprint density at radius 2 is 2.24 bits per heavy atom. The lowest BCUT2D eigenvalue weighted by molar-refractivity contribution is -0.135. The molecule has 2 rings (SSSR count). The van der Waals surface area contributed by atoms with E-state index in [1.165, 1.54) is 6.42 Å². The average molecular weight is 378 g/mol. The summed E-state index contributed by atoms with van der Waals surface area (Å²) in [7, 11) is 0. The van der Waals surface area contributed by atoms with Crippen LogP contribution in [-0.4, -0.2) is 36.5 Å². The van der Waals surface area contributed by atoms with Crippen LogP contribution in [0.25, 0.3) is 0 Å². The highest BCUT2D eigenvalue weighted by Crippen LogP contribution is 2.19. The van der Waals surface area contributed by atoms with E-state index in [1.807, 2.05) is 29.2 Å². The number of nitrogens with zero attached hydrogens (tertiary/aromatic N) is 1. The number of nitrogens with two attached hydrogens (primary N) is 1. The number of hydrogen-bond acceptors (Lipinski definition) is 3. The van der Waals surface area contributed by atoms with Crippen molar-refractivity contribution in [3.63, 3.8) is 0 Å². The van der Waals surface area contributed by atoms with Crippen LogP contribution >= 0.6 is 28.3 Å². The SMILES string of the molecule is Cl.NCC1CCCCN1C(=O)CCOc1cccc(Br)c1. The molecular formula is C15H22BrClN2O2. The fraction of sp³-hybridized carbons (Fsp3) is 0.533. The molecule has 1 amide bonds. The molecule has 4 nitrogen and oxygen atoms in total. The highest BCUT2D eigenvalue weighted by molar-refractivity contribution is 9.10. The number of carbonyl (C=O) groups excluding carboxylic acids is 1. The maximum absolute atomic E-state index is 12.2. The molecule has 1 saturated heterocycles. The van der Waals surface area contributed by atoms with Crippen LogP contribution in [0.4, 0.5) is 0 Å². The number of likely N-dealkylation sites (tertiary alicyclic amines) is 1. The number of ether oxygens (including phenoxy) is 1. The summed E-state index contributed by atoms with van der Waals surface area (Å²) in [6.45, 7) is 1.79. The summed E-state index contributed by atoms with van der Waals surface area (Å²) in [6, 6.07) is 7.85. The van der Waals surface area contributed by atoms with Gasteiger partial charge in [-0.3, -0.25) is 4.79 Å². The van der Waals surface area contributed by atoms with Crippen molar-refractivity contribution in [1.29, 1.82) is 0 Å². The van der Waals surface area contributed by atoms with Crippen molar-refractivity contribution < 1.29 is 9.53 Å². The van der Waals surface area contributed by atoms with E-state index in [0.29, 0.717) is 19.6 Å². The van der Waals surface area contributed by atoms with Crippen molar-refractivity contribution in [2.45, 2.75) is 31.7 Å². The van der Waals surface area contributed by atoms with E-state index in [4.69, 9.17) is 10.5 Å². The summed E-state index contributed by atoms with van der Waals surface area (Å²) in [5.74, 6) is 0.927. The Bertz CT molecular complexity index is 459. The first-order chi connectivity index (χ1) is 9.70. The molecule has 0 aliphatic carbocycles. The quantitative estimate of drug-likeness (QED) is 0.858. The summed E-state index contributed by atoms with van der Waals surface area (Å²) in [6.07, 6.45) is 3.67. The molecule has 21 heavy (non-hydrogen) atoms. The van der Waals surface area contributed by atoms with Crippen LogP contribution in [0.15, 0.2) is 28.7 Å². The van der Waals surface area contributed by atoms with Gasteiger partial charge in [0.1, 0.15) is 5.75 Å². The van der Waals surface area contributed by atoms with Gasteiger partial charge < -0.3 is 15.4 Å². The zero-order valence-corrected chi connectivity index (χ0v) is 14.4. The predicted molar refractivity (Wildman–Crippen MR) is 89.9 cm³/mol. The second-order valence-electron chi connectivity index (χ2n) is 5.03. The Balaban J connectivity index is 0.00000220. The van der Waals surface area contributed by atoms with Crippen LogP contribution in [-0.2, 0) is 4.79 Å². The molecule has 0 bridgehead atoms. The molecule has 1 aromatic carbocycles. The van der Waals surface area contributed by atoms with Gasteiger partial charge in [-0.15, -0.1) is 12.4 Å². The van der Waals surface area contributed by atoms with Crippen molar-refractivity contribution in [2.75, 3.05) is 19.7 Å². The molecule has 6 heteroatoms. The minimum atomic E-state index is 0. The molecule has 1 fully saturated rings. The smallest absolute Gasteiger partial charge is 0.226 e. The van der Waals surface area contributed by atoms with Gasteiger partial charge in [-0.1, -0.05) is 22.0 Å². The topological polar surface area (TPSA) is 55.6 Å². The van der Waals surface area contributed by atoms with Gasteiger partial charge in [0.05, 0.1) is 13.0 Å². The van der Waals surface area contributed by atoms with Crippen LogP contribution in [0, 0.1) is 0 Å². The van der Waals surface area contributed by atoms with Crippen molar-refractivity contribution in [3.8, 4) is 5.75 Å². The highest BCUT2D eigenvalue weighted by Gasteiger charge is 2.25. The molecule has 2 N–H and O–H groups in total. The summed E-state index contributed by atoms with van der Waals surface area (Å²) in [5, 5.41) is 0. The molecule has 0 spiro atoms. The first-order valence-electron chi connectivity index (χ1n) is 7.08. The van der Waals surface area contributed by atoms with Gasteiger partial charge in [-0.2, -0.15) is 0 Å². The summed E-state index contributed by atoms with van der Waals surface area (Å²) < 4.78 is 6.58. The fourth-order valence-corrected chi connectivity index (χ4v) is 2.91. The van der Waals surface area contributed by atoms with E-state index < -0.39 is 0 Å². The monoisotopic (exact) mass is 376 g/mol. The maximum Gasteiger partial charge on any atom is 0.226 e. The predicted octanol–water partition coefficient (Wildman–Crippen LogP) is 2.98. The number of carbonyl (C=O) groups is 1. The van der Waals surface area contributed by atoms with Crippen molar-refractivity contribution in [2.24, 2.45) is 5.73 Å². The number of benzene rings is 1. The van der Waals surface area contributed by atoms with Crippen molar-refractivity contribution in [1.82, 2.24) is 4.90 Å². The Labute approximate surface area is 140 Å². The number of halogens is 2. The highest BCUT2D eigenvalue weighted by atomic mass is 79.9. The Kier molecular flexibility index (Phi) is 8.07. The van der Waals surface area contributed by atoms with Crippen molar-refractivity contribution in [3.05, 3.63) is 28.7 Å². The second kappa shape index (κ2) is 9.28. The van der Waals surface area contributed by atoms with Gasteiger partial charge in [-0.25, -0.2) is 0 Å². The fourth-order valence-electron chi connectivity index (χ4n) is 2.53. The molecule has 1 atom stereocenters. The van der Waals surface area contributed by atoms with Gasteiger partial charge in [0.25, 0.3) is 0 Å². The summed E-state index contributed by atoms with van der Waals surface area (Å²) >= 11 is 3.39. The van der Waals surface area contributed by atoms with E-state index in [-0.39, 0.29) is 24.4 Å². The standard InChI is InChI=1S/C15H21BrN2O2.ClH/c16-12-4-3-6-14(10-12)20-9-7-15(19)18-8-2-1-5-13(18)11-17;/h3-4,6,10,13H,1-2,5,7-9,11,17H2;1H. The molecule has 1 heterocycles. The summed E-state index contributed by atoms with van der Waals surface area (Å²) in [4.78, 5) is 14.1. The first kappa shape index (κ1) is 18.3. The van der Waals surface area contributed by atoms with Crippen LogP contribution in [0.2, 0.25) is 0 Å². The minimum absolute atomic E-state index is 0. The molecule has 1 aliphatic rings. The molecule has 0 radical (unpaired) electrons. The maximum atomic E-state index is 12.2. The zero-order valence-electron chi connectivity index (χ0n) is 12.0. The second-order valence-corrected chi connectivity index (χ2v) is 5.94. The van der Waals surface area contributed by atoms with Gasteiger partial charge >= 0.3 is 0 Å². The molecule has 0 saturated carbocycles. The molecule has 1 unspecified atom stereocenters. The number of rotatable bonds is 5. The number of amides is 1. The Hall–Kier alpha value is -0.780. The summed E-state index contributed by atoms with van der Waals surface area (Å²) in [5.41, 5.74) is 5.74. The third kappa shape index (κ3) is 5.49. The Morgan fingerprint density at radius 3 is 2.95 bits per heavy atom. The van der Waals surface area contributed by atoms with Gasteiger partial charge in [-0.05, 0) is 37.5 Å². The normalized spacial score (nSPS) is 18.0.